The third kappa shape index (κ3) is 4.44. The highest BCUT2D eigenvalue weighted by Crippen LogP contribution is 2.33. The number of nitrogens with zero attached hydrogens (tertiary/aromatic N) is 1. The fourth-order valence-electron chi connectivity index (χ4n) is 3.07. The molecule has 28 heavy (non-hydrogen) atoms. The van der Waals surface area contributed by atoms with Gasteiger partial charge < -0.3 is 4.74 Å². The van der Waals surface area contributed by atoms with Crippen LogP contribution in [0.3, 0.4) is 0 Å². The number of aryl methyl sites for hydroxylation is 3. The Morgan fingerprint density at radius 1 is 1.14 bits per heavy atom. The van der Waals surface area contributed by atoms with Crippen LogP contribution in [0, 0.1) is 18.6 Å². The Bertz CT molecular complexity index is 994. The third-order valence-electron chi connectivity index (χ3n) is 4.54. The highest BCUT2D eigenvalue weighted by atomic mass is 32.1. The van der Waals surface area contributed by atoms with Gasteiger partial charge in [0.2, 0.25) is 5.88 Å². The summed E-state index contributed by atoms with van der Waals surface area (Å²) >= 11 is 1.40. The number of benzene rings is 1. The molecule has 0 amide bonds. The molecule has 0 aliphatic rings. The number of pyridine rings is 1. The summed E-state index contributed by atoms with van der Waals surface area (Å²) in [6.45, 7) is 3.95. The average Bonchev–Trinajstić information content (AvgIpc) is 3.15. The van der Waals surface area contributed by atoms with Crippen molar-refractivity contribution in [3.63, 3.8) is 0 Å². The number of ketones is 1. The van der Waals surface area contributed by atoms with E-state index in [1.807, 2.05) is 19.9 Å². The van der Waals surface area contributed by atoms with Gasteiger partial charge in [0, 0.05) is 34.2 Å². The zero-order valence-electron chi connectivity index (χ0n) is 16.0. The number of hydrogen-bond donors (Lipinski definition) is 0. The van der Waals surface area contributed by atoms with Gasteiger partial charge in [-0.2, -0.15) is 0 Å². The maximum absolute atomic E-state index is 13.3. The molecule has 146 valence electrons. The van der Waals surface area contributed by atoms with Gasteiger partial charge in [0.25, 0.3) is 0 Å². The SMILES string of the molecule is CCc1cc(-c2ccc(C(=O)CCc3cc(F)cc(F)c3)s2)c(C)nc1OC. The van der Waals surface area contributed by atoms with Crippen molar-refractivity contribution in [3.05, 3.63) is 69.7 Å². The summed E-state index contributed by atoms with van der Waals surface area (Å²) < 4.78 is 31.9. The van der Waals surface area contributed by atoms with Gasteiger partial charge in [-0.15, -0.1) is 11.3 Å². The van der Waals surface area contributed by atoms with E-state index >= 15 is 0 Å². The Morgan fingerprint density at radius 2 is 1.86 bits per heavy atom. The highest BCUT2D eigenvalue weighted by molar-refractivity contribution is 7.17. The van der Waals surface area contributed by atoms with E-state index in [2.05, 4.69) is 11.1 Å². The number of halogens is 2. The van der Waals surface area contributed by atoms with Crippen molar-refractivity contribution in [2.45, 2.75) is 33.1 Å². The zero-order valence-corrected chi connectivity index (χ0v) is 16.8. The number of methoxy groups -OCH3 is 1. The first-order chi connectivity index (χ1) is 13.4. The minimum absolute atomic E-state index is 0.0456. The lowest BCUT2D eigenvalue weighted by atomic mass is 10.1. The molecule has 0 fully saturated rings. The zero-order chi connectivity index (χ0) is 20.3. The lowest BCUT2D eigenvalue weighted by Crippen LogP contribution is -1.99. The number of carbonyl (C=O) groups excluding carboxylic acids is 1. The maximum Gasteiger partial charge on any atom is 0.216 e. The van der Waals surface area contributed by atoms with E-state index < -0.39 is 11.6 Å². The lowest BCUT2D eigenvalue weighted by Gasteiger charge is -2.10. The van der Waals surface area contributed by atoms with Crippen molar-refractivity contribution >= 4 is 17.1 Å². The number of rotatable bonds is 7. The predicted octanol–water partition coefficient (Wildman–Crippen LogP) is 5.78. The quantitative estimate of drug-likeness (QED) is 0.471. The number of aromatic nitrogens is 1. The van der Waals surface area contributed by atoms with Gasteiger partial charge in [0.05, 0.1) is 12.0 Å². The summed E-state index contributed by atoms with van der Waals surface area (Å²) in [5.74, 6) is -0.681. The van der Waals surface area contributed by atoms with Crippen molar-refractivity contribution < 1.29 is 18.3 Å². The number of thiophene rings is 1. The number of ether oxygens (including phenoxy) is 1. The summed E-state index contributed by atoms with van der Waals surface area (Å²) in [6.07, 6.45) is 1.29. The molecule has 0 aliphatic heterocycles. The van der Waals surface area contributed by atoms with E-state index in [1.54, 1.807) is 13.2 Å². The fourth-order valence-corrected chi connectivity index (χ4v) is 4.11. The molecule has 0 N–H and O–H groups in total. The van der Waals surface area contributed by atoms with Crippen molar-refractivity contribution in [3.8, 4) is 16.3 Å². The van der Waals surface area contributed by atoms with Crippen LogP contribution in [-0.2, 0) is 12.8 Å². The molecule has 2 aromatic heterocycles. The molecule has 0 radical (unpaired) electrons. The minimum atomic E-state index is -0.630. The van der Waals surface area contributed by atoms with Crippen LogP contribution in [0.4, 0.5) is 8.78 Å². The first kappa shape index (κ1) is 20.1. The van der Waals surface area contributed by atoms with E-state index in [1.165, 1.54) is 23.5 Å². The summed E-state index contributed by atoms with van der Waals surface area (Å²) in [5, 5.41) is 0. The highest BCUT2D eigenvalue weighted by Gasteiger charge is 2.15. The topological polar surface area (TPSA) is 39.2 Å². The second kappa shape index (κ2) is 8.61. The second-order valence-corrected chi connectivity index (χ2v) is 7.59. The third-order valence-corrected chi connectivity index (χ3v) is 5.70. The van der Waals surface area contributed by atoms with Crippen molar-refractivity contribution in [2.24, 2.45) is 0 Å². The van der Waals surface area contributed by atoms with Crippen LogP contribution >= 0.6 is 11.3 Å². The van der Waals surface area contributed by atoms with Crippen molar-refractivity contribution in [2.75, 3.05) is 7.11 Å². The Morgan fingerprint density at radius 3 is 2.50 bits per heavy atom. The molecule has 3 rings (SSSR count). The monoisotopic (exact) mass is 401 g/mol. The molecule has 0 aliphatic carbocycles. The number of Topliss-reactive ketones (excluding diaryl/α,β-unsaturated/α-hetero) is 1. The summed E-state index contributed by atoms with van der Waals surface area (Å²) in [7, 11) is 1.60. The second-order valence-electron chi connectivity index (χ2n) is 6.51. The molecule has 3 nitrogen and oxygen atoms in total. The maximum atomic E-state index is 13.3. The van der Waals surface area contributed by atoms with Crippen LogP contribution in [0.2, 0.25) is 0 Å². The summed E-state index contributed by atoms with van der Waals surface area (Å²) in [5.41, 5.74) is 3.31. The van der Waals surface area contributed by atoms with Crippen LogP contribution in [-0.4, -0.2) is 17.9 Å². The van der Waals surface area contributed by atoms with Gasteiger partial charge >= 0.3 is 0 Å². The Labute approximate surface area is 167 Å². The smallest absolute Gasteiger partial charge is 0.216 e. The molecule has 0 bridgehead atoms. The Hall–Kier alpha value is -2.60. The van der Waals surface area contributed by atoms with E-state index in [0.29, 0.717) is 22.7 Å². The first-order valence-corrected chi connectivity index (χ1v) is 9.85. The standard InChI is InChI=1S/C22H21F2NO2S/c1-4-15-11-18(13(2)25-22(15)27-3)20-7-8-21(28-20)19(26)6-5-14-9-16(23)12-17(24)10-14/h7-12H,4-6H2,1-3H3. The van der Waals surface area contributed by atoms with Gasteiger partial charge in [-0.05, 0) is 55.7 Å². The molecule has 6 heteroatoms. The van der Waals surface area contributed by atoms with Crippen LogP contribution in [0.25, 0.3) is 10.4 Å². The summed E-state index contributed by atoms with van der Waals surface area (Å²) in [4.78, 5) is 18.6. The fraction of sp³-hybridized carbons (Fsp3) is 0.273. The molecule has 0 saturated heterocycles. The molecule has 0 spiro atoms. The van der Waals surface area contributed by atoms with Gasteiger partial charge in [0.1, 0.15) is 11.6 Å². The van der Waals surface area contributed by atoms with Gasteiger partial charge in [-0.1, -0.05) is 6.92 Å². The molecule has 0 saturated carbocycles. The van der Waals surface area contributed by atoms with E-state index in [9.17, 15) is 13.6 Å². The Balaban J connectivity index is 1.77. The van der Waals surface area contributed by atoms with Crippen LogP contribution in [0.15, 0.2) is 36.4 Å². The van der Waals surface area contributed by atoms with Crippen molar-refractivity contribution in [1.29, 1.82) is 0 Å². The van der Waals surface area contributed by atoms with Crippen LogP contribution in [0.5, 0.6) is 5.88 Å². The summed E-state index contributed by atoms with van der Waals surface area (Å²) in [6, 6.07) is 9.10. The molecular formula is C22H21F2NO2S. The Kier molecular flexibility index (Phi) is 6.19. The predicted molar refractivity (Wildman–Crippen MR) is 107 cm³/mol. The normalized spacial score (nSPS) is 10.9. The van der Waals surface area contributed by atoms with Gasteiger partial charge in [-0.25, -0.2) is 13.8 Å². The average molecular weight is 401 g/mol. The van der Waals surface area contributed by atoms with Crippen molar-refractivity contribution in [1.82, 2.24) is 4.98 Å². The first-order valence-electron chi connectivity index (χ1n) is 9.04. The van der Waals surface area contributed by atoms with E-state index in [-0.39, 0.29) is 12.2 Å². The number of carbonyl (C=O) groups is 1. The van der Waals surface area contributed by atoms with Crippen LogP contribution in [0.1, 0.15) is 39.8 Å². The van der Waals surface area contributed by atoms with Gasteiger partial charge in [-0.3, -0.25) is 4.79 Å². The molecule has 0 atom stereocenters. The van der Waals surface area contributed by atoms with Crippen LogP contribution < -0.4 is 4.74 Å². The lowest BCUT2D eigenvalue weighted by molar-refractivity contribution is 0.0986. The molecule has 0 unspecified atom stereocenters. The number of hydrogen-bond acceptors (Lipinski definition) is 4. The largest absolute Gasteiger partial charge is 0.481 e. The van der Waals surface area contributed by atoms with E-state index in [4.69, 9.17) is 4.74 Å². The van der Waals surface area contributed by atoms with Gasteiger partial charge in [0.15, 0.2) is 5.78 Å². The minimum Gasteiger partial charge on any atom is -0.481 e. The molecule has 2 heterocycles. The van der Waals surface area contributed by atoms with E-state index in [0.717, 1.165) is 34.2 Å². The molecular weight excluding hydrogens is 380 g/mol. The molecule has 1 aromatic carbocycles. The molecule has 3 aromatic rings.